The van der Waals surface area contributed by atoms with Crippen LogP contribution in [0.15, 0.2) is 47.1 Å². The first-order valence-electron chi connectivity index (χ1n) is 4.50. The lowest BCUT2D eigenvalue weighted by atomic mass is 10.2. The normalized spacial score (nSPS) is 9.69. The Labute approximate surface area is 91.3 Å². The fraction of sp³-hybridized carbons (Fsp3) is 0. The molecule has 2 aromatic rings. The fourth-order valence-electron chi connectivity index (χ4n) is 1.24. The van der Waals surface area contributed by atoms with Gasteiger partial charge in [-0.15, -0.1) is 0 Å². The number of para-hydroxylation sites is 1. The Bertz CT molecular complexity index is 604. The van der Waals surface area contributed by atoms with E-state index in [2.05, 4.69) is 6.58 Å². The lowest BCUT2D eigenvalue weighted by Gasteiger charge is -1.98. The molecule has 0 unspecified atom stereocenters. The van der Waals surface area contributed by atoms with Gasteiger partial charge in [-0.1, -0.05) is 18.7 Å². The number of carbonyl (C=O) groups is 1. The fourth-order valence-corrected chi connectivity index (χ4v) is 1.24. The van der Waals surface area contributed by atoms with Crippen molar-refractivity contribution < 1.29 is 13.9 Å². The Morgan fingerprint density at radius 3 is 2.94 bits per heavy atom. The van der Waals surface area contributed by atoms with Crippen molar-refractivity contribution in [2.75, 3.05) is 0 Å². The monoisotopic (exact) mass is 213 g/mol. The van der Waals surface area contributed by atoms with Crippen LogP contribution >= 0.6 is 0 Å². The molecule has 78 valence electrons. The average Bonchev–Trinajstić information content (AvgIpc) is 2.72. The first-order valence-corrected chi connectivity index (χ1v) is 4.50. The minimum Gasteiger partial charge on any atom is -0.460 e. The zero-order chi connectivity index (χ0) is 11.5. The van der Waals surface area contributed by atoms with E-state index in [9.17, 15) is 4.79 Å². The van der Waals surface area contributed by atoms with Crippen molar-refractivity contribution >= 4 is 16.9 Å². The van der Waals surface area contributed by atoms with Crippen LogP contribution in [0, 0.1) is 11.3 Å². The second-order valence-electron chi connectivity index (χ2n) is 3.08. The van der Waals surface area contributed by atoms with E-state index in [0.717, 1.165) is 0 Å². The van der Waals surface area contributed by atoms with Crippen molar-refractivity contribution in [1.29, 1.82) is 5.26 Å². The lowest BCUT2D eigenvalue weighted by molar-refractivity contribution is -0.129. The number of hydrogen-bond acceptors (Lipinski definition) is 4. The highest BCUT2D eigenvalue weighted by Crippen LogP contribution is 2.27. The molecular weight excluding hydrogens is 206 g/mol. The zero-order valence-electron chi connectivity index (χ0n) is 8.27. The topological polar surface area (TPSA) is 63.2 Å². The second kappa shape index (κ2) is 3.91. The van der Waals surface area contributed by atoms with E-state index in [1.54, 1.807) is 24.3 Å². The van der Waals surface area contributed by atoms with Gasteiger partial charge in [0, 0.05) is 0 Å². The maximum absolute atomic E-state index is 11.3. The lowest BCUT2D eigenvalue weighted by Crippen LogP contribution is -2.08. The van der Waals surface area contributed by atoms with Gasteiger partial charge in [0.05, 0.1) is 5.39 Å². The SMILES string of the molecule is C=C(C#N)C(=O)Oc1coc2ccccc12. The average molecular weight is 213 g/mol. The van der Waals surface area contributed by atoms with Gasteiger partial charge in [0.15, 0.2) is 5.75 Å². The van der Waals surface area contributed by atoms with Gasteiger partial charge < -0.3 is 9.15 Å². The summed E-state index contributed by atoms with van der Waals surface area (Å²) in [6.07, 6.45) is 1.33. The predicted molar refractivity (Wildman–Crippen MR) is 56.6 cm³/mol. The zero-order valence-corrected chi connectivity index (χ0v) is 8.27. The summed E-state index contributed by atoms with van der Waals surface area (Å²) in [4.78, 5) is 11.3. The molecule has 0 aliphatic rings. The van der Waals surface area contributed by atoms with Crippen LogP contribution < -0.4 is 4.74 Å². The maximum atomic E-state index is 11.3. The Kier molecular flexibility index (Phi) is 2.44. The number of rotatable bonds is 2. The Hall–Kier alpha value is -2.54. The first kappa shape index (κ1) is 9.99. The van der Waals surface area contributed by atoms with E-state index in [-0.39, 0.29) is 11.3 Å². The highest BCUT2D eigenvalue weighted by molar-refractivity contribution is 5.96. The number of fused-ring (bicyclic) bond motifs is 1. The molecule has 0 atom stereocenters. The number of esters is 1. The number of ether oxygens (including phenoxy) is 1. The largest absolute Gasteiger partial charge is 0.460 e. The molecule has 1 aromatic heterocycles. The number of carbonyl (C=O) groups excluding carboxylic acids is 1. The molecule has 0 saturated heterocycles. The molecule has 16 heavy (non-hydrogen) atoms. The number of hydrogen-bond donors (Lipinski definition) is 0. The highest BCUT2D eigenvalue weighted by Gasteiger charge is 2.13. The van der Waals surface area contributed by atoms with Crippen LogP contribution in [0.4, 0.5) is 0 Å². The molecular formula is C12H7NO3. The minimum absolute atomic E-state index is 0.245. The summed E-state index contributed by atoms with van der Waals surface area (Å²) < 4.78 is 10.1. The van der Waals surface area contributed by atoms with Crippen LogP contribution in [-0.2, 0) is 4.79 Å². The molecule has 4 nitrogen and oxygen atoms in total. The quantitative estimate of drug-likeness (QED) is 0.436. The van der Waals surface area contributed by atoms with Gasteiger partial charge in [-0.05, 0) is 12.1 Å². The molecule has 4 heteroatoms. The number of nitrogens with zero attached hydrogens (tertiary/aromatic N) is 1. The third-order valence-electron chi connectivity index (χ3n) is 2.03. The third kappa shape index (κ3) is 1.66. The number of benzene rings is 1. The van der Waals surface area contributed by atoms with Gasteiger partial charge >= 0.3 is 5.97 Å². The number of furan rings is 1. The van der Waals surface area contributed by atoms with Gasteiger partial charge in [-0.2, -0.15) is 5.26 Å². The standard InChI is InChI=1S/C12H7NO3/c1-8(6-13)12(14)16-11-7-15-10-5-3-2-4-9(10)11/h2-5,7H,1H2. The Morgan fingerprint density at radius 1 is 1.44 bits per heavy atom. The molecule has 0 saturated carbocycles. The molecule has 0 spiro atoms. The van der Waals surface area contributed by atoms with E-state index >= 15 is 0 Å². The van der Waals surface area contributed by atoms with Gasteiger partial charge in [-0.25, -0.2) is 4.79 Å². The molecule has 0 radical (unpaired) electrons. The van der Waals surface area contributed by atoms with Gasteiger partial charge in [0.1, 0.15) is 23.5 Å². The van der Waals surface area contributed by atoms with Crippen LogP contribution in [0.25, 0.3) is 11.0 Å². The van der Waals surface area contributed by atoms with Gasteiger partial charge in [0.25, 0.3) is 0 Å². The summed E-state index contributed by atoms with van der Waals surface area (Å²) in [5.41, 5.74) is 0.373. The molecule has 0 aliphatic carbocycles. The van der Waals surface area contributed by atoms with E-state index in [0.29, 0.717) is 11.0 Å². The van der Waals surface area contributed by atoms with E-state index in [4.69, 9.17) is 14.4 Å². The van der Waals surface area contributed by atoms with Gasteiger partial charge in [0.2, 0.25) is 0 Å². The molecule has 1 aromatic carbocycles. The summed E-state index contributed by atoms with van der Waals surface area (Å²) in [7, 11) is 0. The van der Waals surface area contributed by atoms with Crippen LogP contribution in [0.3, 0.4) is 0 Å². The van der Waals surface area contributed by atoms with E-state index in [1.807, 2.05) is 6.07 Å². The van der Waals surface area contributed by atoms with Crippen molar-refractivity contribution in [3.05, 3.63) is 42.7 Å². The van der Waals surface area contributed by atoms with E-state index < -0.39 is 5.97 Å². The van der Waals surface area contributed by atoms with Crippen molar-refractivity contribution in [2.45, 2.75) is 0 Å². The molecule has 1 heterocycles. The van der Waals surface area contributed by atoms with Crippen molar-refractivity contribution in [2.24, 2.45) is 0 Å². The Balaban J connectivity index is 2.32. The summed E-state index contributed by atoms with van der Waals surface area (Å²) in [5, 5.41) is 9.16. The number of nitriles is 1. The van der Waals surface area contributed by atoms with Crippen LogP contribution in [0.2, 0.25) is 0 Å². The smallest absolute Gasteiger partial charge is 0.353 e. The second-order valence-corrected chi connectivity index (χ2v) is 3.08. The predicted octanol–water partition coefficient (Wildman–Crippen LogP) is 2.42. The molecule has 2 rings (SSSR count). The van der Waals surface area contributed by atoms with Crippen molar-refractivity contribution in [3.63, 3.8) is 0 Å². The van der Waals surface area contributed by atoms with Crippen molar-refractivity contribution in [3.8, 4) is 11.8 Å². The third-order valence-corrected chi connectivity index (χ3v) is 2.03. The summed E-state index contributed by atoms with van der Waals surface area (Å²) in [5.74, 6) is -0.481. The highest BCUT2D eigenvalue weighted by atomic mass is 16.5. The summed E-state index contributed by atoms with van der Waals surface area (Å²) in [6.45, 7) is 3.27. The van der Waals surface area contributed by atoms with Crippen LogP contribution in [0.5, 0.6) is 5.75 Å². The molecule has 0 fully saturated rings. The van der Waals surface area contributed by atoms with Crippen LogP contribution in [-0.4, -0.2) is 5.97 Å². The summed E-state index contributed by atoms with van der Waals surface area (Å²) >= 11 is 0. The first-order chi connectivity index (χ1) is 7.72. The Morgan fingerprint density at radius 2 is 2.19 bits per heavy atom. The van der Waals surface area contributed by atoms with Crippen LogP contribution in [0.1, 0.15) is 0 Å². The molecule has 0 N–H and O–H groups in total. The molecule has 0 bridgehead atoms. The van der Waals surface area contributed by atoms with E-state index in [1.165, 1.54) is 6.26 Å². The summed E-state index contributed by atoms with van der Waals surface area (Å²) in [6, 6.07) is 8.75. The maximum Gasteiger partial charge on any atom is 0.353 e. The van der Waals surface area contributed by atoms with Gasteiger partial charge in [-0.3, -0.25) is 0 Å². The van der Waals surface area contributed by atoms with Crippen molar-refractivity contribution in [1.82, 2.24) is 0 Å². The minimum atomic E-state index is -0.769. The molecule has 0 amide bonds. The molecule has 0 aliphatic heterocycles.